The van der Waals surface area contributed by atoms with E-state index in [9.17, 15) is 5.26 Å². The van der Waals surface area contributed by atoms with Crippen LogP contribution in [0.5, 0.6) is 0 Å². The van der Waals surface area contributed by atoms with Crippen LogP contribution in [-0.4, -0.2) is 9.13 Å². The van der Waals surface area contributed by atoms with Gasteiger partial charge in [-0.25, -0.2) is 9.69 Å². The molecule has 0 radical (unpaired) electrons. The number of fused-ring (bicyclic) bond motifs is 6. The predicted octanol–water partition coefficient (Wildman–Crippen LogP) is 12.2. The van der Waals surface area contributed by atoms with Crippen LogP contribution in [0.1, 0.15) is 5.56 Å². The van der Waals surface area contributed by atoms with Gasteiger partial charge in [0.25, 0.3) is 0 Å². The summed E-state index contributed by atoms with van der Waals surface area (Å²) in [6, 6.07) is 53.3. The first-order valence-electron chi connectivity index (χ1n) is 16.2. The molecule has 2 aromatic heterocycles. The van der Waals surface area contributed by atoms with Gasteiger partial charge in [-0.2, -0.15) is 5.26 Å². The maximum atomic E-state index is 9.65. The van der Waals surface area contributed by atoms with E-state index < -0.39 is 0 Å². The number of hydrogen-bond donors (Lipinski definition) is 0. The molecular formula is C45H25N5. The van der Waals surface area contributed by atoms with Crippen LogP contribution in [0.4, 0.5) is 11.4 Å². The van der Waals surface area contributed by atoms with E-state index in [1.165, 1.54) is 0 Å². The van der Waals surface area contributed by atoms with Crippen molar-refractivity contribution >= 4 is 55.0 Å². The van der Waals surface area contributed by atoms with Crippen LogP contribution in [0.3, 0.4) is 0 Å². The average molecular weight is 636 g/mol. The van der Waals surface area contributed by atoms with E-state index in [1.807, 2.05) is 66.7 Å². The average Bonchev–Trinajstić information content (AvgIpc) is 3.69. The van der Waals surface area contributed by atoms with Crippen LogP contribution in [0.2, 0.25) is 0 Å². The van der Waals surface area contributed by atoms with Crippen molar-refractivity contribution in [1.82, 2.24) is 9.13 Å². The third-order valence-corrected chi connectivity index (χ3v) is 9.55. The fraction of sp³-hybridized carbons (Fsp3) is 0. The number of benzene rings is 7. The minimum Gasteiger partial charge on any atom is -0.310 e. The summed E-state index contributed by atoms with van der Waals surface area (Å²) in [6.45, 7) is 15.8. The summed E-state index contributed by atoms with van der Waals surface area (Å²) in [5.74, 6) is 0. The summed E-state index contributed by atoms with van der Waals surface area (Å²) in [5.41, 5.74) is 11.6. The molecule has 0 aliphatic rings. The van der Waals surface area contributed by atoms with Gasteiger partial charge in [0.2, 0.25) is 0 Å². The molecular weight excluding hydrogens is 611 g/mol. The lowest BCUT2D eigenvalue weighted by Crippen LogP contribution is -1.98. The van der Waals surface area contributed by atoms with Gasteiger partial charge in [0.15, 0.2) is 11.4 Å². The zero-order valence-corrected chi connectivity index (χ0v) is 26.7. The summed E-state index contributed by atoms with van der Waals surface area (Å²) in [5, 5.41) is 13.9. The fourth-order valence-electron chi connectivity index (χ4n) is 7.42. The maximum Gasteiger partial charge on any atom is 0.189 e. The minimum absolute atomic E-state index is 0.536. The number of para-hydroxylation sites is 3. The van der Waals surface area contributed by atoms with Crippen molar-refractivity contribution in [2.24, 2.45) is 0 Å². The van der Waals surface area contributed by atoms with Crippen molar-refractivity contribution in [3.8, 4) is 39.7 Å². The van der Waals surface area contributed by atoms with Gasteiger partial charge in [0, 0.05) is 38.3 Å². The molecule has 0 spiro atoms. The fourth-order valence-corrected chi connectivity index (χ4v) is 7.42. The van der Waals surface area contributed by atoms with Gasteiger partial charge in [0.05, 0.1) is 47.0 Å². The molecule has 230 valence electrons. The minimum atomic E-state index is 0.536. The normalized spacial score (nSPS) is 11.1. The molecule has 7 aromatic carbocycles. The third-order valence-electron chi connectivity index (χ3n) is 9.55. The highest BCUT2D eigenvalue weighted by atomic mass is 15.0. The van der Waals surface area contributed by atoms with Crippen LogP contribution in [0.15, 0.2) is 152 Å². The quantitative estimate of drug-likeness (QED) is 0.177. The Morgan fingerprint density at radius 2 is 1.08 bits per heavy atom. The van der Waals surface area contributed by atoms with E-state index >= 15 is 0 Å². The molecule has 2 heterocycles. The number of nitriles is 1. The van der Waals surface area contributed by atoms with Gasteiger partial charge in [-0.05, 0) is 77.4 Å². The summed E-state index contributed by atoms with van der Waals surface area (Å²) < 4.78 is 4.45. The Morgan fingerprint density at radius 3 is 1.84 bits per heavy atom. The Balaban J connectivity index is 1.29. The Kier molecular flexibility index (Phi) is 6.56. The zero-order valence-electron chi connectivity index (χ0n) is 26.7. The molecule has 0 N–H and O–H groups in total. The molecule has 0 aliphatic carbocycles. The molecule has 9 aromatic rings. The van der Waals surface area contributed by atoms with Crippen LogP contribution >= 0.6 is 0 Å². The molecule has 5 nitrogen and oxygen atoms in total. The van der Waals surface area contributed by atoms with Gasteiger partial charge in [-0.3, -0.25) is 0 Å². The second kappa shape index (κ2) is 11.4. The number of nitrogens with zero attached hydrogens (tertiary/aromatic N) is 5. The van der Waals surface area contributed by atoms with Crippen molar-refractivity contribution < 1.29 is 0 Å². The second-order valence-electron chi connectivity index (χ2n) is 12.3. The molecule has 0 aliphatic heterocycles. The van der Waals surface area contributed by atoms with Gasteiger partial charge in [-0.15, -0.1) is 0 Å². The lowest BCUT2D eigenvalue weighted by Gasteiger charge is -2.18. The van der Waals surface area contributed by atoms with E-state index in [4.69, 9.17) is 13.1 Å². The third kappa shape index (κ3) is 4.38. The highest BCUT2D eigenvalue weighted by molar-refractivity contribution is 6.11. The summed E-state index contributed by atoms with van der Waals surface area (Å²) in [6.07, 6.45) is 0. The summed E-state index contributed by atoms with van der Waals surface area (Å²) in [7, 11) is 0. The molecule has 0 fully saturated rings. The first kappa shape index (κ1) is 28.8. The highest BCUT2D eigenvalue weighted by Gasteiger charge is 2.19. The zero-order chi connectivity index (χ0) is 33.8. The molecule has 0 saturated heterocycles. The van der Waals surface area contributed by atoms with Crippen molar-refractivity contribution in [3.05, 3.63) is 180 Å². The lowest BCUT2D eigenvalue weighted by molar-refractivity contribution is 1.18. The van der Waals surface area contributed by atoms with Crippen LogP contribution < -0.4 is 0 Å². The van der Waals surface area contributed by atoms with Crippen molar-refractivity contribution in [2.75, 3.05) is 0 Å². The monoisotopic (exact) mass is 635 g/mol. The van der Waals surface area contributed by atoms with E-state index in [-0.39, 0.29) is 0 Å². The van der Waals surface area contributed by atoms with E-state index in [2.05, 4.69) is 110 Å². The largest absolute Gasteiger partial charge is 0.310 e. The van der Waals surface area contributed by atoms with Crippen LogP contribution in [0, 0.1) is 24.5 Å². The smallest absolute Gasteiger partial charge is 0.189 e. The van der Waals surface area contributed by atoms with E-state index in [0.717, 1.165) is 77.2 Å². The first-order chi connectivity index (χ1) is 24.7. The maximum absolute atomic E-state index is 9.65. The van der Waals surface area contributed by atoms with Crippen molar-refractivity contribution in [1.29, 1.82) is 5.26 Å². The Morgan fingerprint density at radius 1 is 0.460 bits per heavy atom. The molecule has 0 atom stereocenters. The van der Waals surface area contributed by atoms with E-state index in [0.29, 0.717) is 16.9 Å². The van der Waals surface area contributed by atoms with Gasteiger partial charge in [0.1, 0.15) is 0 Å². The Hall–Kier alpha value is -7.39. The standard InChI is InChI=1S/C45H25N5/c1-47-31-20-21-39-37-14-6-10-18-43(37)50(45(39)27-31)42-17-9-5-13-36(42)35-12-4-3-11-34(35)30-24-32(48-2)26-33(25-30)49-41-16-8-7-15-38(41)40-23-29(28-46)19-22-44(40)49/h3-27H. The van der Waals surface area contributed by atoms with Crippen LogP contribution in [0.25, 0.3) is 86.9 Å². The Bertz CT molecular complexity index is 2970. The predicted molar refractivity (Wildman–Crippen MR) is 203 cm³/mol. The van der Waals surface area contributed by atoms with Crippen molar-refractivity contribution in [2.45, 2.75) is 0 Å². The number of hydrogen-bond acceptors (Lipinski definition) is 1. The van der Waals surface area contributed by atoms with Gasteiger partial charge >= 0.3 is 0 Å². The molecule has 50 heavy (non-hydrogen) atoms. The molecule has 0 bridgehead atoms. The lowest BCUT2D eigenvalue weighted by atomic mass is 9.93. The van der Waals surface area contributed by atoms with Crippen LogP contribution in [-0.2, 0) is 0 Å². The second-order valence-corrected chi connectivity index (χ2v) is 12.3. The summed E-state index contributed by atoms with van der Waals surface area (Å²) >= 11 is 0. The topological polar surface area (TPSA) is 42.4 Å². The number of rotatable bonds is 4. The van der Waals surface area contributed by atoms with Gasteiger partial charge < -0.3 is 9.13 Å². The number of aromatic nitrogens is 2. The molecule has 9 rings (SSSR count). The SMILES string of the molecule is [C-]#[N+]c1cc(-c2ccccc2-c2ccccc2-n2c3ccccc3c3ccc([N+]#[C-])cc32)cc(-n2c3ccccc3c3cc(C#N)ccc32)c1. The van der Waals surface area contributed by atoms with E-state index in [1.54, 1.807) is 0 Å². The van der Waals surface area contributed by atoms with Gasteiger partial charge in [-0.1, -0.05) is 91.0 Å². The van der Waals surface area contributed by atoms with Crippen molar-refractivity contribution in [3.63, 3.8) is 0 Å². The Labute approximate surface area is 288 Å². The molecule has 5 heteroatoms. The first-order valence-corrected chi connectivity index (χ1v) is 16.2. The molecule has 0 unspecified atom stereocenters. The molecule has 0 amide bonds. The highest BCUT2D eigenvalue weighted by Crippen LogP contribution is 2.42. The summed E-state index contributed by atoms with van der Waals surface area (Å²) in [4.78, 5) is 7.67. The molecule has 0 saturated carbocycles.